The summed E-state index contributed by atoms with van der Waals surface area (Å²) in [6.45, 7) is 1.12. The largest absolute Gasteiger partial charge is 0.384 e. The number of nitrogens with two attached hydrogens (primary N) is 1. The fourth-order valence-electron chi connectivity index (χ4n) is 3.62. The van der Waals surface area contributed by atoms with Crippen molar-refractivity contribution >= 4 is 11.7 Å². The van der Waals surface area contributed by atoms with Gasteiger partial charge in [-0.2, -0.15) is 0 Å². The maximum Gasteiger partial charge on any atom is 0.128 e. The van der Waals surface area contributed by atoms with Crippen molar-refractivity contribution in [2.45, 2.75) is 44.6 Å². The lowest BCUT2D eigenvalue weighted by molar-refractivity contribution is 0.243. The molecule has 1 saturated heterocycles. The number of amidine groups is 1. The van der Waals surface area contributed by atoms with Crippen molar-refractivity contribution < 1.29 is 0 Å². The van der Waals surface area contributed by atoms with E-state index in [4.69, 9.17) is 11.1 Å². The van der Waals surface area contributed by atoms with E-state index in [1.807, 2.05) is 12.1 Å². The van der Waals surface area contributed by atoms with Crippen LogP contribution in [0.1, 0.15) is 44.1 Å². The van der Waals surface area contributed by atoms with Crippen LogP contribution in [0.15, 0.2) is 18.3 Å². The third-order valence-electron chi connectivity index (χ3n) is 4.60. The van der Waals surface area contributed by atoms with E-state index in [0.29, 0.717) is 11.6 Å². The molecular formula is C15H22N4. The maximum absolute atomic E-state index is 7.42. The minimum absolute atomic E-state index is 0.0910. The van der Waals surface area contributed by atoms with E-state index in [2.05, 4.69) is 9.88 Å². The average molecular weight is 258 g/mol. The van der Waals surface area contributed by atoms with E-state index in [1.165, 1.54) is 38.5 Å². The van der Waals surface area contributed by atoms with E-state index >= 15 is 0 Å². The number of nitrogens with zero attached hydrogens (tertiary/aromatic N) is 2. The van der Waals surface area contributed by atoms with Gasteiger partial charge in [-0.25, -0.2) is 4.98 Å². The number of nitrogen functional groups attached to an aromatic ring is 1. The monoisotopic (exact) mass is 258 g/mol. The zero-order chi connectivity index (χ0) is 13.2. The van der Waals surface area contributed by atoms with E-state index in [1.54, 1.807) is 6.20 Å². The van der Waals surface area contributed by atoms with Gasteiger partial charge in [-0.05, 0) is 43.7 Å². The molecule has 2 aliphatic rings. The third kappa shape index (κ3) is 2.44. The van der Waals surface area contributed by atoms with Crippen molar-refractivity contribution in [3.8, 4) is 0 Å². The Bertz CT molecular complexity index is 452. The Morgan fingerprint density at radius 3 is 2.74 bits per heavy atom. The van der Waals surface area contributed by atoms with Crippen LogP contribution in [0.4, 0.5) is 5.82 Å². The maximum atomic E-state index is 7.42. The molecule has 1 aliphatic carbocycles. The second-order valence-electron chi connectivity index (χ2n) is 5.77. The van der Waals surface area contributed by atoms with Crippen LogP contribution in [0.3, 0.4) is 0 Å². The van der Waals surface area contributed by atoms with Gasteiger partial charge in [-0.1, -0.05) is 12.8 Å². The molecule has 4 heteroatoms. The molecule has 4 nitrogen and oxygen atoms in total. The molecule has 2 atom stereocenters. The highest BCUT2D eigenvalue weighted by Gasteiger charge is 2.33. The molecule has 3 N–H and O–H groups in total. The molecule has 102 valence electrons. The Kier molecular flexibility index (Phi) is 3.40. The molecule has 1 aliphatic heterocycles. The Labute approximate surface area is 114 Å². The molecule has 0 bridgehead atoms. The molecule has 2 heterocycles. The quantitative estimate of drug-likeness (QED) is 0.633. The molecule has 19 heavy (non-hydrogen) atoms. The highest BCUT2D eigenvalue weighted by Crippen LogP contribution is 2.37. The number of anilines is 1. The normalized spacial score (nSPS) is 26.8. The first-order valence-corrected chi connectivity index (χ1v) is 7.33. The van der Waals surface area contributed by atoms with Gasteiger partial charge in [-0.3, -0.25) is 5.41 Å². The summed E-state index contributed by atoms with van der Waals surface area (Å²) in [6, 6.07) is 4.61. The van der Waals surface area contributed by atoms with E-state index < -0.39 is 0 Å². The van der Waals surface area contributed by atoms with Crippen LogP contribution in [0, 0.1) is 11.3 Å². The summed E-state index contributed by atoms with van der Waals surface area (Å²) in [5, 5.41) is 7.42. The van der Waals surface area contributed by atoms with E-state index in [9.17, 15) is 0 Å². The van der Waals surface area contributed by atoms with Crippen molar-refractivity contribution in [2.75, 3.05) is 11.4 Å². The van der Waals surface area contributed by atoms with Crippen LogP contribution in [-0.4, -0.2) is 23.4 Å². The van der Waals surface area contributed by atoms with Crippen LogP contribution < -0.4 is 10.6 Å². The van der Waals surface area contributed by atoms with Crippen LogP contribution in [0.25, 0.3) is 0 Å². The Morgan fingerprint density at radius 2 is 2.00 bits per heavy atom. The molecule has 1 aromatic heterocycles. The van der Waals surface area contributed by atoms with Crippen LogP contribution in [0.2, 0.25) is 0 Å². The second kappa shape index (κ2) is 5.19. The van der Waals surface area contributed by atoms with Crippen molar-refractivity contribution in [1.82, 2.24) is 4.98 Å². The number of rotatable bonds is 2. The lowest BCUT2D eigenvalue weighted by Gasteiger charge is -2.44. The van der Waals surface area contributed by atoms with Gasteiger partial charge in [0.15, 0.2) is 0 Å². The molecule has 1 aromatic rings. The first-order valence-electron chi connectivity index (χ1n) is 7.33. The Hall–Kier alpha value is -1.58. The molecule has 0 aromatic carbocycles. The van der Waals surface area contributed by atoms with Gasteiger partial charge in [-0.15, -0.1) is 0 Å². The van der Waals surface area contributed by atoms with E-state index in [0.717, 1.165) is 18.3 Å². The lowest BCUT2D eigenvalue weighted by atomic mass is 9.78. The van der Waals surface area contributed by atoms with Crippen LogP contribution in [0.5, 0.6) is 0 Å². The number of fused-ring (bicyclic) bond motifs is 1. The zero-order valence-corrected chi connectivity index (χ0v) is 11.3. The van der Waals surface area contributed by atoms with Crippen molar-refractivity contribution in [1.29, 1.82) is 5.41 Å². The molecule has 2 fully saturated rings. The average Bonchev–Trinajstić information content (AvgIpc) is 2.47. The minimum atomic E-state index is 0.0910. The predicted molar refractivity (Wildman–Crippen MR) is 77.6 cm³/mol. The predicted octanol–water partition coefficient (Wildman–Crippen LogP) is 2.52. The SMILES string of the molecule is N=C(N)c1ccc(N2CCCC3CCCCC32)nc1. The summed E-state index contributed by atoms with van der Waals surface area (Å²) in [5.74, 6) is 2.01. The van der Waals surface area contributed by atoms with Crippen LogP contribution in [-0.2, 0) is 0 Å². The first-order chi connectivity index (χ1) is 9.25. The molecular weight excluding hydrogens is 236 g/mol. The smallest absolute Gasteiger partial charge is 0.128 e. The fraction of sp³-hybridized carbons (Fsp3) is 0.600. The number of piperidine rings is 1. The summed E-state index contributed by atoms with van der Waals surface area (Å²) in [5.41, 5.74) is 6.19. The summed E-state index contributed by atoms with van der Waals surface area (Å²) in [6.07, 6.45) is 9.82. The molecule has 0 radical (unpaired) electrons. The third-order valence-corrected chi connectivity index (χ3v) is 4.60. The van der Waals surface area contributed by atoms with Gasteiger partial charge >= 0.3 is 0 Å². The van der Waals surface area contributed by atoms with Crippen LogP contribution >= 0.6 is 0 Å². The summed E-state index contributed by atoms with van der Waals surface area (Å²) in [4.78, 5) is 7.00. The highest BCUT2D eigenvalue weighted by molar-refractivity contribution is 5.94. The molecule has 3 rings (SSSR count). The standard InChI is InChI=1S/C15H22N4/c16-15(17)12-7-8-14(18-10-12)19-9-3-5-11-4-1-2-6-13(11)19/h7-8,10-11,13H,1-6,9H2,(H3,16,17). The van der Waals surface area contributed by atoms with Gasteiger partial charge in [0, 0.05) is 24.3 Å². The van der Waals surface area contributed by atoms with Gasteiger partial charge in [0.05, 0.1) is 0 Å². The van der Waals surface area contributed by atoms with Gasteiger partial charge < -0.3 is 10.6 Å². The zero-order valence-electron chi connectivity index (χ0n) is 11.3. The van der Waals surface area contributed by atoms with Gasteiger partial charge in [0.1, 0.15) is 11.7 Å². The van der Waals surface area contributed by atoms with Gasteiger partial charge in [0.2, 0.25) is 0 Å². The minimum Gasteiger partial charge on any atom is -0.384 e. The summed E-state index contributed by atoms with van der Waals surface area (Å²) < 4.78 is 0. The lowest BCUT2D eigenvalue weighted by Crippen LogP contribution is -2.47. The number of aromatic nitrogens is 1. The molecule has 0 amide bonds. The number of pyridine rings is 1. The Morgan fingerprint density at radius 1 is 1.21 bits per heavy atom. The topological polar surface area (TPSA) is 66.0 Å². The summed E-state index contributed by atoms with van der Waals surface area (Å²) in [7, 11) is 0. The number of nitrogens with one attached hydrogen (secondary N) is 1. The van der Waals surface area contributed by atoms with E-state index in [-0.39, 0.29) is 5.84 Å². The Balaban J connectivity index is 1.81. The molecule has 2 unspecified atom stereocenters. The summed E-state index contributed by atoms with van der Waals surface area (Å²) >= 11 is 0. The first kappa shape index (κ1) is 12.5. The van der Waals surface area contributed by atoms with Gasteiger partial charge in [0.25, 0.3) is 0 Å². The number of hydrogen-bond donors (Lipinski definition) is 2. The second-order valence-corrected chi connectivity index (χ2v) is 5.77. The fourth-order valence-corrected chi connectivity index (χ4v) is 3.62. The number of hydrogen-bond acceptors (Lipinski definition) is 3. The highest BCUT2D eigenvalue weighted by atomic mass is 15.2. The van der Waals surface area contributed by atoms with Crippen molar-refractivity contribution in [2.24, 2.45) is 11.7 Å². The molecule has 1 saturated carbocycles. The molecule has 0 spiro atoms. The van der Waals surface area contributed by atoms with Crippen molar-refractivity contribution in [3.05, 3.63) is 23.9 Å². The van der Waals surface area contributed by atoms with Crippen molar-refractivity contribution in [3.63, 3.8) is 0 Å².